The number of amides is 4. The number of Topliss-reactive ketones (excluding diaryl/α,β-unsaturated/α-hetero) is 1. The Balaban J connectivity index is 1.72. The molecular weight excluding hydrogens is 450 g/mol. The van der Waals surface area contributed by atoms with Crippen LogP contribution in [0.2, 0.25) is 0 Å². The molecule has 0 spiro atoms. The fourth-order valence-electron chi connectivity index (χ4n) is 3.93. The Kier molecular flexibility index (Phi) is 8.30. The lowest BCUT2D eigenvalue weighted by molar-refractivity contribution is -0.137. The SMILES string of the molecule is CC(C)[C@@H](NC(=O)C[C@@H](NC(=O)/C=C/c1cnc[nH]1)c1ccccc1)C(=O)[C@@H]1C(=O)NC(=O)[C@H]1C. The second-order valence-electron chi connectivity index (χ2n) is 8.83. The van der Waals surface area contributed by atoms with Crippen molar-refractivity contribution in [3.63, 3.8) is 0 Å². The molecule has 184 valence electrons. The molecule has 2 aromatic rings. The molecule has 0 bridgehead atoms. The number of nitrogens with one attached hydrogen (secondary N) is 4. The molecule has 1 aliphatic heterocycles. The summed E-state index contributed by atoms with van der Waals surface area (Å²) in [7, 11) is 0. The van der Waals surface area contributed by atoms with Gasteiger partial charge in [-0.05, 0) is 17.6 Å². The smallest absolute Gasteiger partial charge is 0.244 e. The fourth-order valence-corrected chi connectivity index (χ4v) is 3.93. The van der Waals surface area contributed by atoms with Crippen LogP contribution in [-0.2, 0) is 24.0 Å². The number of ketones is 1. The summed E-state index contributed by atoms with van der Waals surface area (Å²) in [5.41, 5.74) is 1.36. The lowest BCUT2D eigenvalue weighted by Gasteiger charge is -2.25. The zero-order valence-corrected chi connectivity index (χ0v) is 19.8. The Labute approximate surface area is 203 Å². The first-order chi connectivity index (χ1) is 16.7. The van der Waals surface area contributed by atoms with Crippen LogP contribution in [-0.4, -0.2) is 45.4 Å². The topological polar surface area (TPSA) is 150 Å². The van der Waals surface area contributed by atoms with Gasteiger partial charge in [0.1, 0.15) is 5.92 Å². The van der Waals surface area contributed by atoms with E-state index in [2.05, 4.69) is 25.9 Å². The van der Waals surface area contributed by atoms with Gasteiger partial charge in [0, 0.05) is 6.08 Å². The number of hydrogen-bond acceptors (Lipinski definition) is 6. The van der Waals surface area contributed by atoms with Crippen molar-refractivity contribution in [3.05, 3.63) is 60.2 Å². The Hall–Kier alpha value is -4.08. The van der Waals surface area contributed by atoms with Crippen molar-refractivity contribution in [2.75, 3.05) is 0 Å². The Bertz CT molecular complexity index is 1110. The van der Waals surface area contributed by atoms with E-state index in [1.165, 1.54) is 19.3 Å². The number of aromatic nitrogens is 2. The average Bonchev–Trinajstić information content (AvgIpc) is 3.43. The van der Waals surface area contributed by atoms with Gasteiger partial charge in [-0.15, -0.1) is 0 Å². The third kappa shape index (κ3) is 6.50. The summed E-state index contributed by atoms with van der Waals surface area (Å²) >= 11 is 0. The van der Waals surface area contributed by atoms with E-state index >= 15 is 0 Å². The number of hydrogen-bond donors (Lipinski definition) is 4. The number of carbonyl (C=O) groups is 5. The number of benzene rings is 1. The summed E-state index contributed by atoms with van der Waals surface area (Å²) < 4.78 is 0. The maximum absolute atomic E-state index is 13.1. The minimum absolute atomic E-state index is 0.129. The van der Waals surface area contributed by atoms with E-state index in [-0.39, 0.29) is 12.3 Å². The molecule has 1 aliphatic rings. The van der Waals surface area contributed by atoms with Gasteiger partial charge in [-0.3, -0.25) is 29.3 Å². The van der Waals surface area contributed by atoms with Crippen LogP contribution in [0.4, 0.5) is 0 Å². The first-order valence-corrected chi connectivity index (χ1v) is 11.4. The lowest BCUT2D eigenvalue weighted by Crippen LogP contribution is -2.49. The number of imide groups is 1. The minimum atomic E-state index is -1.15. The molecule has 1 fully saturated rings. The largest absolute Gasteiger partial charge is 0.346 e. The van der Waals surface area contributed by atoms with Crippen molar-refractivity contribution in [1.29, 1.82) is 0 Å². The summed E-state index contributed by atoms with van der Waals surface area (Å²) in [4.78, 5) is 69.4. The van der Waals surface area contributed by atoms with E-state index in [0.29, 0.717) is 11.3 Å². The van der Waals surface area contributed by atoms with Gasteiger partial charge in [0.15, 0.2) is 5.78 Å². The third-order valence-electron chi connectivity index (χ3n) is 5.88. The van der Waals surface area contributed by atoms with E-state index in [1.54, 1.807) is 50.4 Å². The molecule has 0 radical (unpaired) electrons. The van der Waals surface area contributed by atoms with E-state index in [0.717, 1.165) is 0 Å². The molecule has 0 aliphatic carbocycles. The number of imidazole rings is 1. The standard InChI is InChI=1S/C25H29N5O5/c1-14(2)22(23(33)21-15(3)24(34)30-25(21)35)29-20(32)11-18(16-7-5-4-6-8-16)28-19(31)10-9-17-12-26-13-27-17/h4-10,12-15,18,21-22H,11H2,1-3H3,(H,26,27)(H,28,31)(H,29,32)(H,30,34,35)/b10-9+/t15-,18+,21+,22+/m0/s1. The molecule has 1 aromatic heterocycles. The predicted molar refractivity (Wildman–Crippen MR) is 127 cm³/mol. The maximum atomic E-state index is 13.1. The minimum Gasteiger partial charge on any atom is -0.346 e. The number of nitrogens with zero attached hydrogens (tertiary/aromatic N) is 1. The van der Waals surface area contributed by atoms with Crippen LogP contribution in [0.3, 0.4) is 0 Å². The summed E-state index contributed by atoms with van der Waals surface area (Å²) in [6.45, 7) is 5.01. The predicted octanol–water partition coefficient (Wildman–Crippen LogP) is 1.29. The first-order valence-electron chi connectivity index (χ1n) is 11.4. The van der Waals surface area contributed by atoms with Gasteiger partial charge >= 0.3 is 0 Å². The highest BCUT2D eigenvalue weighted by Gasteiger charge is 2.46. The molecule has 4 N–H and O–H groups in total. The Morgan fingerprint density at radius 1 is 1.09 bits per heavy atom. The molecular formula is C25H29N5O5. The highest BCUT2D eigenvalue weighted by Crippen LogP contribution is 2.24. The summed E-state index contributed by atoms with van der Waals surface area (Å²) in [6, 6.07) is 7.38. The van der Waals surface area contributed by atoms with Crippen LogP contribution in [0.25, 0.3) is 6.08 Å². The van der Waals surface area contributed by atoms with Gasteiger partial charge in [0.05, 0.1) is 42.6 Å². The molecule has 35 heavy (non-hydrogen) atoms. The molecule has 3 rings (SSSR count). The van der Waals surface area contributed by atoms with E-state index in [9.17, 15) is 24.0 Å². The van der Waals surface area contributed by atoms with Gasteiger partial charge in [0.25, 0.3) is 0 Å². The normalized spacial score (nSPS) is 19.4. The highest BCUT2D eigenvalue weighted by atomic mass is 16.2. The van der Waals surface area contributed by atoms with E-state index < -0.39 is 53.3 Å². The number of aromatic amines is 1. The van der Waals surface area contributed by atoms with Crippen LogP contribution < -0.4 is 16.0 Å². The molecule has 0 saturated carbocycles. The first kappa shape index (κ1) is 25.5. The summed E-state index contributed by atoms with van der Waals surface area (Å²) in [6.07, 6.45) is 5.82. The van der Waals surface area contributed by atoms with Crippen molar-refractivity contribution >= 4 is 35.5 Å². The number of carbonyl (C=O) groups excluding carboxylic acids is 5. The zero-order valence-electron chi connectivity index (χ0n) is 19.8. The van der Waals surface area contributed by atoms with Crippen molar-refractivity contribution in [3.8, 4) is 0 Å². The van der Waals surface area contributed by atoms with Crippen molar-refractivity contribution in [2.24, 2.45) is 17.8 Å². The van der Waals surface area contributed by atoms with Gasteiger partial charge < -0.3 is 15.6 Å². The number of rotatable bonds is 10. The molecule has 4 amide bonds. The molecule has 0 unspecified atom stereocenters. The zero-order chi connectivity index (χ0) is 25.5. The van der Waals surface area contributed by atoms with E-state index in [1.807, 2.05) is 6.07 Å². The van der Waals surface area contributed by atoms with E-state index in [4.69, 9.17) is 0 Å². The third-order valence-corrected chi connectivity index (χ3v) is 5.88. The number of H-pyrrole nitrogens is 1. The molecule has 1 saturated heterocycles. The molecule has 1 aromatic carbocycles. The summed E-state index contributed by atoms with van der Waals surface area (Å²) in [5, 5.41) is 7.70. The Morgan fingerprint density at radius 2 is 1.80 bits per heavy atom. The molecule has 2 heterocycles. The van der Waals surface area contributed by atoms with Crippen LogP contribution >= 0.6 is 0 Å². The summed E-state index contributed by atoms with van der Waals surface area (Å²) in [5.74, 6) is -4.80. The second-order valence-corrected chi connectivity index (χ2v) is 8.83. The lowest BCUT2D eigenvalue weighted by atomic mass is 9.85. The van der Waals surface area contributed by atoms with Crippen LogP contribution in [0.15, 0.2) is 48.9 Å². The quantitative estimate of drug-likeness (QED) is 0.229. The van der Waals surface area contributed by atoms with Gasteiger partial charge in [-0.2, -0.15) is 0 Å². The van der Waals surface area contributed by atoms with Gasteiger partial charge in [-0.1, -0.05) is 51.1 Å². The van der Waals surface area contributed by atoms with Gasteiger partial charge in [-0.25, -0.2) is 4.98 Å². The maximum Gasteiger partial charge on any atom is 0.244 e. The Morgan fingerprint density at radius 3 is 2.37 bits per heavy atom. The van der Waals surface area contributed by atoms with Crippen LogP contribution in [0.1, 0.15) is 44.5 Å². The molecule has 10 heteroatoms. The van der Waals surface area contributed by atoms with Crippen molar-refractivity contribution in [2.45, 2.75) is 39.3 Å². The molecule has 10 nitrogen and oxygen atoms in total. The van der Waals surface area contributed by atoms with Crippen molar-refractivity contribution < 1.29 is 24.0 Å². The second kappa shape index (κ2) is 11.4. The highest BCUT2D eigenvalue weighted by molar-refractivity contribution is 6.16. The molecule has 4 atom stereocenters. The van der Waals surface area contributed by atoms with Crippen LogP contribution in [0.5, 0.6) is 0 Å². The average molecular weight is 480 g/mol. The van der Waals surface area contributed by atoms with Gasteiger partial charge in [0.2, 0.25) is 23.6 Å². The fraction of sp³-hybridized carbons (Fsp3) is 0.360. The monoisotopic (exact) mass is 479 g/mol. The van der Waals surface area contributed by atoms with Crippen LogP contribution in [0, 0.1) is 17.8 Å². The van der Waals surface area contributed by atoms with Crippen molar-refractivity contribution in [1.82, 2.24) is 25.9 Å².